The minimum absolute atomic E-state index is 0.0225. The van der Waals surface area contributed by atoms with Crippen molar-refractivity contribution >= 4 is 17.9 Å². The molecule has 1 aromatic heterocycles. The second kappa shape index (κ2) is 11.4. The molecule has 0 unspecified atom stereocenters. The van der Waals surface area contributed by atoms with E-state index in [1.807, 2.05) is 31.2 Å². The number of hydrogen-bond donors (Lipinski definition) is 1. The van der Waals surface area contributed by atoms with Gasteiger partial charge in [-0.25, -0.2) is 4.98 Å². The summed E-state index contributed by atoms with van der Waals surface area (Å²) in [6, 6.07) is 7.70. The summed E-state index contributed by atoms with van der Waals surface area (Å²) < 4.78 is 46.8. The van der Waals surface area contributed by atoms with Gasteiger partial charge in [0.15, 0.2) is 17.4 Å². The molecule has 4 rings (SSSR count). The van der Waals surface area contributed by atoms with Gasteiger partial charge in [-0.1, -0.05) is 29.8 Å². The molecule has 8 nitrogen and oxygen atoms in total. The van der Waals surface area contributed by atoms with Gasteiger partial charge in [-0.05, 0) is 12.5 Å². The second-order valence-electron chi connectivity index (χ2n) is 7.93. The summed E-state index contributed by atoms with van der Waals surface area (Å²) in [5, 5.41) is 4.10. The Morgan fingerprint density at radius 2 is 1.82 bits per heavy atom. The van der Waals surface area contributed by atoms with Crippen LogP contribution in [0.5, 0.6) is 5.75 Å². The summed E-state index contributed by atoms with van der Waals surface area (Å²) in [7, 11) is 0. The minimum Gasteiger partial charge on any atom is -0.486 e. The molecule has 1 N–H and O–H groups in total. The lowest BCUT2D eigenvalue weighted by Crippen LogP contribution is -2.39. The SMILES string of the molecule is Cc1cccc(C=NNc2nc(N3CCOCC3)c(F)c(OCCN3CCOCC3)c2F)c1. The van der Waals surface area contributed by atoms with Crippen molar-refractivity contribution < 1.29 is 23.0 Å². The van der Waals surface area contributed by atoms with E-state index in [9.17, 15) is 0 Å². The van der Waals surface area contributed by atoms with Crippen LogP contribution < -0.4 is 15.1 Å². The largest absolute Gasteiger partial charge is 0.486 e. The van der Waals surface area contributed by atoms with E-state index in [0.717, 1.165) is 24.2 Å². The third-order valence-corrected chi connectivity index (χ3v) is 5.52. The molecule has 1 aromatic carbocycles. The zero-order valence-electron chi connectivity index (χ0n) is 18.7. The van der Waals surface area contributed by atoms with E-state index in [1.165, 1.54) is 0 Å². The van der Waals surface area contributed by atoms with Gasteiger partial charge in [0.1, 0.15) is 6.61 Å². The number of nitrogens with zero attached hydrogens (tertiary/aromatic N) is 4. The fraction of sp³-hybridized carbons (Fsp3) is 0.478. The van der Waals surface area contributed by atoms with Crippen LogP contribution in [-0.2, 0) is 9.47 Å². The number of hydrazone groups is 1. The van der Waals surface area contributed by atoms with Crippen molar-refractivity contribution in [3.05, 3.63) is 47.0 Å². The Bertz CT molecular complexity index is 963. The smallest absolute Gasteiger partial charge is 0.212 e. The fourth-order valence-electron chi connectivity index (χ4n) is 3.71. The van der Waals surface area contributed by atoms with Crippen molar-refractivity contribution in [3.8, 4) is 5.75 Å². The van der Waals surface area contributed by atoms with Crippen molar-refractivity contribution in [2.24, 2.45) is 5.10 Å². The van der Waals surface area contributed by atoms with Gasteiger partial charge in [-0.2, -0.15) is 13.9 Å². The molecule has 10 heteroatoms. The van der Waals surface area contributed by atoms with Crippen LogP contribution >= 0.6 is 0 Å². The molecule has 3 heterocycles. The maximum atomic E-state index is 15.3. The van der Waals surface area contributed by atoms with Crippen molar-refractivity contribution in [1.82, 2.24) is 9.88 Å². The van der Waals surface area contributed by atoms with E-state index in [4.69, 9.17) is 14.2 Å². The van der Waals surface area contributed by atoms with Crippen molar-refractivity contribution in [2.75, 3.05) is 76.1 Å². The molecule has 0 aliphatic carbocycles. The molecular weight excluding hydrogens is 432 g/mol. The number of aromatic nitrogens is 1. The standard InChI is InChI=1S/C23H29F2N5O3/c1-17-3-2-4-18(15-17)16-26-28-22-19(24)21(33-14-7-29-5-10-31-11-6-29)20(25)23(27-22)30-8-12-32-13-9-30/h2-4,15-16H,5-14H2,1H3,(H,27,28). The molecule has 0 spiro atoms. The number of benzene rings is 1. The highest BCUT2D eigenvalue weighted by molar-refractivity contribution is 5.80. The first-order valence-corrected chi connectivity index (χ1v) is 11.1. The molecule has 2 aliphatic heterocycles. The first-order chi connectivity index (χ1) is 16.1. The molecule has 2 aromatic rings. The number of ether oxygens (including phenoxy) is 3. The monoisotopic (exact) mass is 461 g/mol. The predicted molar refractivity (Wildman–Crippen MR) is 122 cm³/mol. The predicted octanol–water partition coefficient (Wildman–Crippen LogP) is 2.66. The Morgan fingerprint density at radius 3 is 2.55 bits per heavy atom. The lowest BCUT2D eigenvalue weighted by atomic mass is 10.2. The molecule has 0 bridgehead atoms. The molecule has 2 saturated heterocycles. The first-order valence-electron chi connectivity index (χ1n) is 11.1. The van der Waals surface area contributed by atoms with Crippen LogP contribution in [0.15, 0.2) is 29.4 Å². The third-order valence-electron chi connectivity index (χ3n) is 5.52. The molecule has 0 amide bonds. The molecule has 0 atom stereocenters. The maximum absolute atomic E-state index is 15.3. The fourth-order valence-corrected chi connectivity index (χ4v) is 3.71. The quantitative estimate of drug-likeness (QED) is 0.479. The topological polar surface area (TPSA) is 71.5 Å². The number of morpholine rings is 2. The zero-order valence-corrected chi connectivity index (χ0v) is 18.7. The number of hydrogen-bond acceptors (Lipinski definition) is 8. The van der Waals surface area contributed by atoms with Crippen LogP contribution in [-0.4, -0.2) is 81.9 Å². The summed E-state index contributed by atoms with van der Waals surface area (Å²) in [4.78, 5) is 8.05. The lowest BCUT2D eigenvalue weighted by molar-refractivity contribution is 0.0318. The van der Waals surface area contributed by atoms with Gasteiger partial charge in [0, 0.05) is 32.7 Å². The van der Waals surface area contributed by atoms with Gasteiger partial charge in [0.2, 0.25) is 11.6 Å². The van der Waals surface area contributed by atoms with Gasteiger partial charge in [0.25, 0.3) is 0 Å². The first kappa shape index (κ1) is 23.3. The molecule has 33 heavy (non-hydrogen) atoms. The van der Waals surface area contributed by atoms with E-state index in [0.29, 0.717) is 46.1 Å². The average molecular weight is 462 g/mol. The van der Waals surface area contributed by atoms with Crippen LogP contribution in [0.2, 0.25) is 0 Å². The highest BCUT2D eigenvalue weighted by atomic mass is 19.1. The van der Waals surface area contributed by atoms with Gasteiger partial charge in [-0.3, -0.25) is 10.3 Å². The van der Waals surface area contributed by atoms with Gasteiger partial charge >= 0.3 is 0 Å². The molecule has 0 saturated carbocycles. The Labute approximate surface area is 192 Å². The average Bonchev–Trinajstić information content (AvgIpc) is 2.84. The Balaban J connectivity index is 1.54. The normalized spacial score (nSPS) is 17.5. The summed E-state index contributed by atoms with van der Waals surface area (Å²) in [6.07, 6.45) is 1.56. The lowest BCUT2D eigenvalue weighted by Gasteiger charge is -2.29. The van der Waals surface area contributed by atoms with Gasteiger partial charge in [-0.15, -0.1) is 0 Å². The van der Waals surface area contributed by atoms with Gasteiger partial charge < -0.3 is 19.1 Å². The molecule has 178 valence electrons. The van der Waals surface area contributed by atoms with Crippen molar-refractivity contribution in [3.63, 3.8) is 0 Å². The number of nitrogens with one attached hydrogen (secondary N) is 1. The number of rotatable bonds is 8. The minimum atomic E-state index is -0.909. The van der Waals surface area contributed by atoms with E-state index in [1.54, 1.807) is 11.1 Å². The summed E-state index contributed by atoms with van der Waals surface area (Å²) >= 11 is 0. The van der Waals surface area contributed by atoms with E-state index in [-0.39, 0.29) is 18.2 Å². The molecule has 2 aliphatic rings. The van der Waals surface area contributed by atoms with Crippen LogP contribution in [0, 0.1) is 18.6 Å². The Morgan fingerprint density at radius 1 is 1.09 bits per heavy atom. The summed E-state index contributed by atoms with van der Waals surface area (Å²) in [5.74, 6) is -2.34. The highest BCUT2D eigenvalue weighted by Gasteiger charge is 2.26. The Kier molecular flexibility index (Phi) is 8.03. The number of anilines is 2. The van der Waals surface area contributed by atoms with Crippen LogP contribution in [0.3, 0.4) is 0 Å². The molecule has 0 radical (unpaired) electrons. The second-order valence-corrected chi connectivity index (χ2v) is 7.93. The molecular formula is C23H29F2N5O3. The third kappa shape index (κ3) is 6.16. The number of halogens is 2. The number of aryl methyl sites for hydroxylation is 1. The summed E-state index contributed by atoms with van der Waals surface area (Å²) in [5.41, 5.74) is 4.55. The van der Waals surface area contributed by atoms with E-state index >= 15 is 8.78 Å². The Hall–Kier alpha value is -2.82. The highest BCUT2D eigenvalue weighted by Crippen LogP contribution is 2.33. The zero-order chi connectivity index (χ0) is 23.0. The van der Waals surface area contributed by atoms with Crippen molar-refractivity contribution in [1.29, 1.82) is 0 Å². The van der Waals surface area contributed by atoms with Crippen LogP contribution in [0.25, 0.3) is 0 Å². The van der Waals surface area contributed by atoms with E-state index in [2.05, 4.69) is 20.4 Å². The molecule has 2 fully saturated rings. The summed E-state index contributed by atoms with van der Waals surface area (Å²) in [6.45, 7) is 7.29. The van der Waals surface area contributed by atoms with Crippen LogP contribution in [0.4, 0.5) is 20.4 Å². The van der Waals surface area contributed by atoms with Crippen molar-refractivity contribution in [2.45, 2.75) is 6.92 Å². The maximum Gasteiger partial charge on any atom is 0.212 e. The van der Waals surface area contributed by atoms with Crippen LogP contribution in [0.1, 0.15) is 11.1 Å². The van der Waals surface area contributed by atoms with Gasteiger partial charge in [0.05, 0.1) is 32.6 Å². The number of pyridine rings is 1. The van der Waals surface area contributed by atoms with E-state index < -0.39 is 17.4 Å².